The fraction of sp³-hybridized carbons (Fsp3) is 0.0909. The Bertz CT molecular complexity index is 568. The second kappa shape index (κ2) is 5.04. The Morgan fingerprint density at radius 3 is 2.71 bits per heavy atom. The van der Waals surface area contributed by atoms with E-state index in [-0.39, 0.29) is 5.91 Å². The van der Waals surface area contributed by atoms with Crippen LogP contribution in [0.3, 0.4) is 0 Å². The van der Waals surface area contributed by atoms with Crippen LogP contribution in [0.1, 0.15) is 15.5 Å². The largest absolute Gasteiger partial charge is 0.321 e. The first-order chi connectivity index (χ1) is 8.06. The minimum Gasteiger partial charge on any atom is -0.321 e. The van der Waals surface area contributed by atoms with Crippen molar-refractivity contribution in [3.8, 4) is 0 Å². The quantitative estimate of drug-likeness (QED) is 0.906. The Labute approximate surface area is 112 Å². The summed E-state index contributed by atoms with van der Waals surface area (Å²) < 4.78 is 0. The number of nitrogens with one attached hydrogen (secondary N) is 1. The summed E-state index contributed by atoms with van der Waals surface area (Å²) in [5, 5.41) is 6.12. The van der Waals surface area contributed by atoms with Crippen LogP contribution in [0.5, 0.6) is 0 Å². The van der Waals surface area contributed by atoms with Crippen molar-refractivity contribution in [3.05, 3.63) is 44.3 Å². The van der Waals surface area contributed by atoms with E-state index in [1.54, 1.807) is 23.6 Å². The van der Waals surface area contributed by atoms with Crippen molar-refractivity contribution in [3.63, 3.8) is 0 Å². The Balaban J connectivity index is 2.15. The number of amides is 1. The molecule has 88 valence electrons. The van der Waals surface area contributed by atoms with Crippen molar-refractivity contribution in [2.45, 2.75) is 6.92 Å². The third kappa shape index (κ3) is 2.97. The van der Waals surface area contributed by atoms with Gasteiger partial charge in [0.25, 0.3) is 5.91 Å². The molecule has 1 aromatic carbocycles. The molecule has 3 nitrogen and oxygen atoms in total. The van der Waals surface area contributed by atoms with Crippen LogP contribution in [-0.4, -0.2) is 10.9 Å². The van der Waals surface area contributed by atoms with Crippen molar-refractivity contribution >= 4 is 46.1 Å². The van der Waals surface area contributed by atoms with Gasteiger partial charge in [-0.3, -0.25) is 4.79 Å². The van der Waals surface area contributed by atoms with Gasteiger partial charge in [-0.1, -0.05) is 23.2 Å². The van der Waals surface area contributed by atoms with Crippen molar-refractivity contribution in [1.29, 1.82) is 0 Å². The molecule has 0 saturated heterocycles. The van der Waals surface area contributed by atoms with Crippen molar-refractivity contribution < 1.29 is 4.79 Å². The average Bonchev–Trinajstić information content (AvgIpc) is 2.70. The Kier molecular flexibility index (Phi) is 3.66. The normalized spacial score (nSPS) is 10.3. The molecule has 0 aliphatic carbocycles. The van der Waals surface area contributed by atoms with Gasteiger partial charge in [0.05, 0.1) is 15.1 Å². The second-order valence-electron chi connectivity index (χ2n) is 3.33. The monoisotopic (exact) mass is 286 g/mol. The number of aryl methyl sites for hydroxylation is 1. The van der Waals surface area contributed by atoms with E-state index in [9.17, 15) is 4.79 Å². The highest BCUT2D eigenvalue weighted by Crippen LogP contribution is 2.25. The average molecular weight is 287 g/mol. The van der Waals surface area contributed by atoms with Gasteiger partial charge in [-0.05, 0) is 25.1 Å². The summed E-state index contributed by atoms with van der Waals surface area (Å²) >= 11 is 13.1. The van der Waals surface area contributed by atoms with Crippen LogP contribution in [0.15, 0.2) is 23.6 Å². The molecule has 0 saturated carbocycles. The molecule has 1 N–H and O–H groups in total. The van der Waals surface area contributed by atoms with E-state index in [0.717, 1.165) is 5.01 Å². The number of halogens is 2. The predicted molar refractivity (Wildman–Crippen MR) is 71.3 cm³/mol. The third-order valence-corrected chi connectivity index (χ3v) is 3.54. The van der Waals surface area contributed by atoms with Gasteiger partial charge < -0.3 is 5.32 Å². The predicted octanol–water partition coefficient (Wildman–Crippen LogP) is 4.01. The molecule has 6 heteroatoms. The highest BCUT2D eigenvalue weighted by Gasteiger charge is 2.10. The van der Waals surface area contributed by atoms with Gasteiger partial charge in [-0.15, -0.1) is 11.3 Å². The molecule has 0 radical (unpaired) electrons. The molecule has 0 aliphatic rings. The van der Waals surface area contributed by atoms with Crippen LogP contribution in [0, 0.1) is 6.92 Å². The van der Waals surface area contributed by atoms with Gasteiger partial charge in [-0.25, -0.2) is 4.98 Å². The van der Waals surface area contributed by atoms with Crippen molar-refractivity contribution in [2.24, 2.45) is 0 Å². The lowest BCUT2D eigenvalue weighted by Gasteiger charge is -2.04. The number of anilines is 1. The summed E-state index contributed by atoms with van der Waals surface area (Å²) in [5.41, 5.74) is 0.994. The number of nitrogens with zero attached hydrogens (tertiary/aromatic N) is 1. The van der Waals surface area contributed by atoms with E-state index in [1.165, 1.54) is 11.3 Å². The Morgan fingerprint density at radius 1 is 1.35 bits per heavy atom. The maximum atomic E-state index is 11.8. The molecule has 2 aromatic rings. The Hall–Kier alpha value is -1.10. The summed E-state index contributed by atoms with van der Waals surface area (Å²) in [6.07, 6.45) is 0. The number of thiazole rings is 1. The maximum Gasteiger partial charge on any atom is 0.275 e. The number of carbonyl (C=O) groups excluding carboxylic acids is 1. The second-order valence-corrected chi connectivity index (χ2v) is 5.21. The topological polar surface area (TPSA) is 42.0 Å². The smallest absolute Gasteiger partial charge is 0.275 e. The molecular formula is C11H8Cl2N2OS. The molecule has 17 heavy (non-hydrogen) atoms. The molecule has 0 atom stereocenters. The van der Waals surface area contributed by atoms with Gasteiger partial charge in [-0.2, -0.15) is 0 Å². The van der Waals surface area contributed by atoms with Crippen molar-refractivity contribution in [1.82, 2.24) is 4.98 Å². The molecule has 0 aliphatic heterocycles. The van der Waals surface area contributed by atoms with Crippen LogP contribution in [0.4, 0.5) is 5.69 Å². The van der Waals surface area contributed by atoms with Gasteiger partial charge in [0.15, 0.2) is 0 Å². The van der Waals surface area contributed by atoms with Gasteiger partial charge in [0.2, 0.25) is 0 Å². The zero-order valence-corrected chi connectivity index (χ0v) is 11.2. The minimum atomic E-state index is -0.257. The molecule has 0 fully saturated rings. The van der Waals surface area contributed by atoms with E-state index < -0.39 is 0 Å². The zero-order valence-electron chi connectivity index (χ0n) is 8.83. The highest BCUT2D eigenvalue weighted by molar-refractivity contribution is 7.09. The number of aromatic nitrogens is 1. The fourth-order valence-corrected chi connectivity index (χ4v) is 2.13. The van der Waals surface area contributed by atoms with E-state index in [4.69, 9.17) is 23.2 Å². The van der Waals surface area contributed by atoms with Crippen LogP contribution in [0.25, 0.3) is 0 Å². The SMILES string of the molecule is Cc1nc(C(=O)Nc2ccc(Cl)c(Cl)c2)cs1. The van der Waals surface area contributed by atoms with E-state index in [2.05, 4.69) is 10.3 Å². The van der Waals surface area contributed by atoms with E-state index in [1.807, 2.05) is 6.92 Å². The third-order valence-electron chi connectivity index (χ3n) is 2.03. The van der Waals surface area contributed by atoms with Gasteiger partial charge in [0.1, 0.15) is 5.69 Å². The van der Waals surface area contributed by atoms with Crippen LogP contribution < -0.4 is 5.32 Å². The fourth-order valence-electron chi connectivity index (χ4n) is 1.24. The summed E-state index contributed by atoms with van der Waals surface area (Å²) in [6.45, 7) is 1.85. The highest BCUT2D eigenvalue weighted by atomic mass is 35.5. The van der Waals surface area contributed by atoms with Crippen LogP contribution in [-0.2, 0) is 0 Å². The first kappa shape index (κ1) is 12.4. The summed E-state index contributed by atoms with van der Waals surface area (Å²) in [5.74, 6) is -0.257. The summed E-state index contributed by atoms with van der Waals surface area (Å²) in [4.78, 5) is 15.9. The van der Waals surface area contributed by atoms with Gasteiger partial charge in [0, 0.05) is 11.1 Å². The maximum absolute atomic E-state index is 11.8. The number of carbonyl (C=O) groups is 1. The number of hydrogen-bond acceptors (Lipinski definition) is 3. The molecule has 1 amide bonds. The molecule has 1 aromatic heterocycles. The Morgan fingerprint density at radius 2 is 2.12 bits per heavy atom. The standard InChI is InChI=1S/C11H8Cl2N2OS/c1-6-14-10(5-17-6)11(16)15-7-2-3-8(12)9(13)4-7/h2-5H,1H3,(H,15,16). The first-order valence-corrected chi connectivity index (χ1v) is 6.38. The van der Waals surface area contributed by atoms with E-state index in [0.29, 0.717) is 21.4 Å². The lowest BCUT2D eigenvalue weighted by atomic mass is 10.3. The number of hydrogen-bond donors (Lipinski definition) is 1. The molecule has 0 unspecified atom stereocenters. The number of rotatable bonds is 2. The van der Waals surface area contributed by atoms with Crippen LogP contribution in [0.2, 0.25) is 10.0 Å². The van der Waals surface area contributed by atoms with E-state index >= 15 is 0 Å². The van der Waals surface area contributed by atoms with Gasteiger partial charge >= 0.3 is 0 Å². The lowest BCUT2D eigenvalue weighted by molar-refractivity contribution is 0.102. The molecular weight excluding hydrogens is 279 g/mol. The summed E-state index contributed by atoms with van der Waals surface area (Å²) in [7, 11) is 0. The molecule has 1 heterocycles. The first-order valence-electron chi connectivity index (χ1n) is 4.75. The van der Waals surface area contributed by atoms with Crippen molar-refractivity contribution in [2.75, 3.05) is 5.32 Å². The number of benzene rings is 1. The lowest BCUT2D eigenvalue weighted by Crippen LogP contribution is -2.12. The molecule has 2 rings (SSSR count). The van der Waals surface area contributed by atoms with Crippen LogP contribution >= 0.6 is 34.5 Å². The molecule has 0 spiro atoms. The minimum absolute atomic E-state index is 0.257. The summed E-state index contributed by atoms with van der Waals surface area (Å²) in [6, 6.07) is 4.91. The molecule has 0 bridgehead atoms. The zero-order chi connectivity index (χ0) is 12.4.